The maximum absolute atomic E-state index is 12.6. The number of hydrogen-bond acceptors (Lipinski definition) is 3. The molecule has 0 unspecified atom stereocenters. The van der Waals surface area contributed by atoms with Crippen LogP contribution in [0.4, 0.5) is 4.79 Å². The van der Waals surface area contributed by atoms with Crippen molar-refractivity contribution < 1.29 is 14.4 Å². The normalized spacial score (nSPS) is 20.4. The highest BCUT2D eigenvalue weighted by molar-refractivity contribution is 6.19. The van der Waals surface area contributed by atoms with Gasteiger partial charge in [0.05, 0.1) is 6.54 Å². The van der Waals surface area contributed by atoms with Crippen molar-refractivity contribution in [3.8, 4) is 0 Å². The molecule has 1 spiro atoms. The first-order chi connectivity index (χ1) is 10.1. The van der Waals surface area contributed by atoms with E-state index in [0.29, 0.717) is 12.8 Å². The molecule has 0 radical (unpaired) electrons. The van der Waals surface area contributed by atoms with E-state index in [4.69, 9.17) is 0 Å². The van der Waals surface area contributed by atoms with Gasteiger partial charge in [0, 0.05) is 0 Å². The van der Waals surface area contributed by atoms with Crippen LogP contribution in [0.15, 0.2) is 24.3 Å². The van der Waals surface area contributed by atoms with Crippen LogP contribution in [0.5, 0.6) is 0 Å². The molecule has 3 rings (SSSR count). The number of nitrogens with one attached hydrogen (secondary N) is 1. The molecule has 110 valence electrons. The van der Waals surface area contributed by atoms with E-state index < -0.39 is 17.4 Å². The third kappa shape index (κ3) is 2.04. The lowest BCUT2D eigenvalue weighted by Crippen LogP contribution is -2.65. The Morgan fingerprint density at radius 2 is 1.81 bits per heavy atom. The molecule has 4 amide bonds. The largest absolute Gasteiger partial charge is 0.331 e. The number of carbonyl (C=O) groups excluding carboxylic acids is 3. The first-order valence-corrected chi connectivity index (χ1v) is 7.32. The molecule has 1 N–H and O–H groups in total. The molecule has 0 aromatic heterocycles. The number of amides is 4. The summed E-state index contributed by atoms with van der Waals surface area (Å²) in [6, 6.07) is 7.14. The average Bonchev–Trinajstić information content (AvgIpc) is 2.42. The second kappa shape index (κ2) is 4.98. The molecule has 1 heterocycles. The first-order valence-electron chi connectivity index (χ1n) is 7.32. The van der Waals surface area contributed by atoms with Gasteiger partial charge in [-0.25, -0.2) is 4.79 Å². The Bertz CT molecular complexity index is 620. The van der Waals surface area contributed by atoms with Gasteiger partial charge in [0.2, 0.25) is 11.8 Å². The Hall–Kier alpha value is -2.17. The lowest BCUT2D eigenvalue weighted by Gasteiger charge is -2.44. The summed E-state index contributed by atoms with van der Waals surface area (Å²) < 4.78 is 0. The monoisotopic (exact) mass is 286 g/mol. The van der Waals surface area contributed by atoms with Crippen LogP contribution in [-0.4, -0.2) is 22.7 Å². The number of urea groups is 1. The number of imide groups is 2. The molecule has 1 saturated heterocycles. The summed E-state index contributed by atoms with van der Waals surface area (Å²) in [6.45, 7) is 2.26. The van der Waals surface area contributed by atoms with Gasteiger partial charge in [-0.1, -0.05) is 37.6 Å². The van der Waals surface area contributed by atoms with Crippen molar-refractivity contribution in [1.82, 2.24) is 10.2 Å². The molecule has 21 heavy (non-hydrogen) atoms. The van der Waals surface area contributed by atoms with Crippen LogP contribution in [0.2, 0.25) is 0 Å². The van der Waals surface area contributed by atoms with Gasteiger partial charge in [0.25, 0.3) is 0 Å². The summed E-state index contributed by atoms with van der Waals surface area (Å²) in [7, 11) is 0. The van der Waals surface area contributed by atoms with Gasteiger partial charge >= 0.3 is 6.03 Å². The highest BCUT2D eigenvalue weighted by atomic mass is 16.2. The Morgan fingerprint density at radius 3 is 2.38 bits per heavy atom. The zero-order valence-corrected chi connectivity index (χ0v) is 12.0. The van der Waals surface area contributed by atoms with Gasteiger partial charge in [-0.05, 0) is 30.4 Å². The summed E-state index contributed by atoms with van der Waals surface area (Å²) >= 11 is 0. The number of hydrogen-bond donors (Lipinski definition) is 1. The van der Waals surface area contributed by atoms with E-state index >= 15 is 0 Å². The van der Waals surface area contributed by atoms with Crippen LogP contribution in [-0.2, 0) is 22.6 Å². The van der Waals surface area contributed by atoms with Crippen molar-refractivity contribution in [2.45, 2.75) is 39.2 Å². The Kier molecular flexibility index (Phi) is 3.27. The second-order valence-electron chi connectivity index (χ2n) is 5.71. The van der Waals surface area contributed by atoms with Crippen LogP contribution in [0.25, 0.3) is 0 Å². The number of carbonyl (C=O) groups is 3. The molecule has 2 fully saturated rings. The second-order valence-corrected chi connectivity index (χ2v) is 5.71. The third-order valence-corrected chi connectivity index (χ3v) is 4.59. The van der Waals surface area contributed by atoms with Gasteiger partial charge < -0.3 is 0 Å². The number of aryl methyl sites for hydroxylation is 1. The van der Waals surface area contributed by atoms with Gasteiger partial charge in [-0.3, -0.25) is 19.8 Å². The van der Waals surface area contributed by atoms with Crippen molar-refractivity contribution in [1.29, 1.82) is 0 Å². The molecule has 2 aliphatic rings. The standard InChI is InChI=1S/C16H18N2O3/c1-2-11-6-3-4-7-12(11)10-18-14(20)16(8-5-9-16)13(19)17-15(18)21/h3-4,6-7H,2,5,8-10H2,1H3,(H,17,19,21). The SMILES string of the molecule is CCc1ccccc1CN1C(=O)NC(=O)C2(CCC2)C1=O. The van der Waals surface area contributed by atoms with E-state index in [1.807, 2.05) is 31.2 Å². The lowest BCUT2D eigenvalue weighted by atomic mass is 9.66. The molecule has 0 bridgehead atoms. The van der Waals surface area contributed by atoms with E-state index in [1.54, 1.807) is 0 Å². The fraction of sp³-hybridized carbons (Fsp3) is 0.438. The average molecular weight is 286 g/mol. The predicted octanol–water partition coefficient (Wildman–Crippen LogP) is 2.00. The fourth-order valence-electron chi connectivity index (χ4n) is 3.07. The minimum atomic E-state index is -0.991. The van der Waals surface area contributed by atoms with E-state index in [9.17, 15) is 14.4 Å². The minimum absolute atomic E-state index is 0.226. The minimum Gasteiger partial charge on any atom is -0.277 e. The maximum Gasteiger partial charge on any atom is 0.331 e. The third-order valence-electron chi connectivity index (χ3n) is 4.59. The quantitative estimate of drug-likeness (QED) is 0.864. The zero-order valence-electron chi connectivity index (χ0n) is 12.0. The van der Waals surface area contributed by atoms with E-state index in [0.717, 1.165) is 24.0 Å². The molecule has 1 aromatic carbocycles. The van der Waals surface area contributed by atoms with Crippen molar-refractivity contribution in [3.05, 3.63) is 35.4 Å². The smallest absolute Gasteiger partial charge is 0.277 e. The first kappa shape index (κ1) is 13.8. The van der Waals surface area contributed by atoms with E-state index in [-0.39, 0.29) is 12.5 Å². The molecule has 1 aliphatic carbocycles. The number of benzene rings is 1. The number of rotatable bonds is 3. The van der Waals surface area contributed by atoms with Crippen molar-refractivity contribution in [2.75, 3.05) is 0 Å². The summed E-state index contributed by atoms with van der Waals surface area (Å²) in [6.07, 6.45) is 2.77. The van der Waals surface area contributed by atoms with Gasteiger partial charge in [0.15, 0.2) is 0 Å². The van der Waals surface area contributed by atoms with Crippen molar-refractivity contribution in [2.24, 2.45) is 5.41 Å². The number of nitrogens with zero attached hydrogens (tertiary/aromatic N) is 1. The maximum atomic E-state index is 12.6. The Morgan fingerprint density at radius 1 is 1.14 bits per heavy atom. The molecule has 5 nitrogen and oxygen atoms in total. The van der Waals surface area contributed by atoms with Crippen LogP contribution in [0, 0.1) is 5.41 Å². The molecule has 5 heteroatoms. The summed E-state index contributed by atoms with van der Waals surface area (Å²) in [4.78, 5) is 37.8. The fourth-order valence-corrected chi connectivity index (χ4v) is 3.07. The molecule has 0 atom stereocenters. The van der Waals surface area contributed by atoms with Crippen LogP contribution >= 0.6 is 0 Å². The van der Waals surface area contributed by atoms with Gasteiger partial charge in [-0.15, -0.1) is 0 Å². The Labute approximate surface area is 123 Å². The van der Waals surface area contributed by atoms with Crippen LogP contribution in [0.3, 0.4) is 0 Å². The predicted molar refractivity (Wildman–Crippen MR) is 76.2 cm³/mol. The number of barbiturate groups is 1. The van der Waals surface area contributed by atoms with Gasteiger partial charge in [0.1, 0.15) is 5.41 Å². The highest BCUT2D eigenvalue weighted by Crippen LogP contribution is 2.44. The van der Waals surface area contributed by atoms with Crippen LogP contribution < -0.4 is 5.32 Å². The van der Waals surface area contributed by atoms with Gasteiger partial charge in [-0.2, -0.15) is 0 Å². The van der Waals surface area contributed by atoms with Crippen molar-refractivity contribution >= 4 is 17.8 Å². The lowest BCUT2D eigenvalue weighted by molar-refractivity contribution is -0.158. The van der Waals surface area contributed by atoms with Crippen molar-refractivity contribution in [3.63, 3.8) is 0 Å². The summed E-state index contributed by atoms with van der Waals surface area (Å²) in [5.74, 6) is -0.766. The topological polar surface area (TPSA) is 66.5 Å². The molecule has 1 aromatic rings. The van der Waals surface area contributed by atoms with E-state index in [2.05, 4.69) is 5.32 Å². The van der Waals surface area contributed by atoms with Crippen LogP contribution in [0.1, 0.15) is 37.3 Å². The summed E-state index contributed by atoms with van der Waals surface area (Å²) in [5, 5.41) is 2.34. The molecular formula is C16H18N2O3. The zero-order chi connectivity index (χ0) is 15.0. The summed E-state index contributed by atoms with van der Waals surface area (Å²) in [5.41, 5.74) is 1.07. The Balaban J connectivity index is 1.89. The molecule has 1 saturated carbocycles. The molecule has 1 aliphatic heterocycles. The highest BCUT2D eigenvalue weighted by Gasteiger charge is 2.57. The molecular weight excluding hydrogens is 268 g/mol. The van der Waals surface area contributed by atoms with E-state index in [1.165, 1.54) is 4.90 Å².